The number of anilines is 1. The van der Waals surface area contributed by atoms with Gasteiger partial charge in [-0.1, -0.05) is 17.8 Å². The number of aryl methyl sites for hydroxylation is 2. The van der Waals surface area contributed by atoms with Gasteiger partial charge in [0.15, 0.2) is 5.12 Å². The molecule has 1 aromatic carbocycles. The third kappa shape index (κ3) is 3.20. The largest absolute Gasteiger partial charge is 0.310 e. The number of hydrogen-bond donors (Lipinski definition) is 0. The minimum Gasteiger partial charge on any atom is -0.310 e. The first-order valence-corrected chi connectivity index (χ1v) is 7.80. The van der Waals surface area contributed by atoms with Crippen LogP contribution in [0.5, 0.6) is 0 Å². The van der Waals surface area contributed by atoms with Crippen LogP contribution < -0.4 is 4.90 Å². The molecular weight excluding hydrogens is 326 g/mol. The molecule has 3 nitrogen and oxygen atoms in total. The lowest BCUT2D eigenvalue weighted by Gasteiger charge is -2.21. The summed E-state index contributed by atoms with van der Waals surface area (Å²) in [5.74, 6) is 0.0893. The molecular formula is C14H16BrNO2S. The Morgan fingerprint density at radius 2 is 2.11 bits per heavy atom. The fourth-order valence-corrected chi connectivity index (χ4v) is 4.26. The van der Waals surface area contributed by atoms with Crippen LogP contribution in [0.3, 0.4) is 0 Å². The van der Waals surface area contributed by atoms with Crippen molar-refractivity contribution in [1.82, 2.24) is 0 Å². The Hall–Kier alpha value is -0.810. The zero-order valence-corrected chi connectivity index (χ0v) is 13.6. The highest BCUT2D eigenvalue weighted by Gasteiger charge is 2.33. The number of halogens is 1. The van der Waals surface area contributed by atoms with Crippen molar-refractivity contribution in [1.29, 1.82) is 0 Å². The molecule has 19 heavy (non-hydrogen) atoms. The predicted molar refractivity (Wildman–Crippen MR) is 82.6 cm³/mol. The second-order valence-electron chi connectivity index (χ2n) is 4.85. The van der Waals surface area contributed by atoms with Crippen molar-refractivity contribution in [2.75, 3.05) is 11.4 Å². The lowest BCUT2D eigenvalue weighted by Crippen LogP contribution is -2.26. The van der Waals surface area contributed by atoms with Gasteiger partial charge in [-0.05, 0) is 47.0 Å². The van der Waals surface area contributed by atoms with E-state index in [1.807, 2.05) is 19.9 Å². The number of carbonyl (C=O) groups excluding carboxylic acids is 2. The van der Waals surface area contributed by atoms with E-state index >= 15 is 0 Å². The van der Waals surface area contributed by atoms with Crippen LogP contribution in [0.2, 0.25) is 0 Å². The maximum Gasteiger partial charge on any atom is 0.228 e. The fourth-order valence-electron chi connectivity index (χ4n) is 2.45. The minimum atomic E-state index is 0.0672. The summed E-state index contributed by atoms with van der Waals surface area (Å²) in [6.07, 6.45) is 0.435. The molecule has 1 atom stereocenters. The summed E-state index contributed by atoms with van der Waals surface area (Å²) >= 11 is 4.80. The molecule has 0 saturated carbocycles. The highest BCUT2D eigenvalue weighted by molar-refractivity contribution is 9.10. The number of carbonyl (C=O) groups is 2. The monoisotopic (exact) mass is 341 g/mol. The van der Waals surface area contributed by atoms with Crippen molar-refractivity contribution in [2.45, 2.75) is 32.4 Å². The lowest BCUT2D eigenvalue weighted by atomic mass is 10.1. The second-order valence-corrected chi connectivity index (χ2v) is 7.18. The third-order valence-electron chi connectivity index (χ3n) is 3.09. The maximum atomic E-state index is 12.1. The van der Waals surface area contributed by atoms with Crippen LogP contribution >= 0.6 is 27.7 Å². The van der Waals surface area contributed by atoms with Gasteiger partial charge in [0.2, 0.25) is 5.91 Å². The molecule has 1 unspecified atom stereocenters. The lowest BCUT2D eigenvalue weighted by molar-refractivity contribution is -0.117. The highest BCUT2D eigenvalue weighted by atomic mass is 79.9. The Labute approximate surface area is 125 Å². The Kier molecular flexibility index (Phi) is 4.36. The van der Waals surface area contributed by atoms with Crippen molar-refractivity contribution < 1.29 is 9.59 Å². The van der Waals surface area contributed by atoms with Gasteiger partial charge in [-0.25, -0.2) is 0 Å². The number of rotatable bonds is 2. The van der Waals surface area contributed by atoms with Crippen LogP contribution in [0.1, 0.15) is 24.5 Å². The number of benzene rings is 1. The average molecular weight is 342 g/mol. The number of hydrogen-bond acceptors (Lipinski definition) is 3. The predicted octanol–water partition coefficient (Wildman–Crippen LogP) is 3.45. The van der Waals surface area contributed by atoms with Gasteiger partial charge >= 0.3 is 0 Å². The van der Waals surface area contributed by atoms with E-state index in [0.29, 0.717) is 13.0 Å². The second kappa shape index (κ2) is 5.67. The van der Waals surface area contributed by atoms with E-state index in [-0.39, 0.29) is 16.3 Å². The number of amides is 1. The first-order chi connectivity index (χ1) is 8.88. The molecule has 2 rings (SSSR count). The van der Waals surface area contributed by atoms with E-state index in [2.05, 4.69) is 22.0 Å². The summed E-state index contributed by atoms with van der Waals surface area (Å²) in [5.41, 5.74) is 3.17. The molecule has 1 aliphatic heterocycles. The Bertz CT molecular complexity index is 521. The van der Waals surface area contributed by atoms with E-state index in [1.165, 1.54) is 11.8 Å². The first kappa shape index (κ1) is 14.6. The van der Waals surface area contributed by atoms with Crippen molar-refractivity contribution in [2.24, 2.45) is 0 Å². The topological polar surface area (TPSA) is 37.4 Å². The van der Waals surface area contributed by atoms with E-state index < -0.39 is 0 Å². The quantitative estimate of drug-likeness (QED) is 0.826. The summed E-state index contributed by atoms with van der Waals surface area (Å²) in [4.78, 5) is 25.1. The maximum absolute atomic E-state index is 12.1. The SMILES string of the molecule is CC(=O)SC1CC(=O)N(c2c(C)cc(C)cc2Br)C1. The molecule has 1 fully saturated rings. The molecule has 1 aliphatic rings. The number of thioether (sulfide) groups is 1. The third-order valence-corrected chi connectivity index (χ3v) is 4.68. The molecule has 1 amide bonds. The minimum absolute atomic E-state index is 0.0672. The average Bonchev–Trinajstić information content (AvgIpc) is 2.57. The zero-order chi connectivity index (χ0) is 14.2. The summed E-state index contributed by atoms with van der Waals surface area (Å²) in [6, 6.07) is 4.08. The molecule has 0 aromatic heterocycles. The van der Waals surface area contributed by atoms with Crippen molar-refractivity contribution in [3.63, 3.8) is 0 Å². The first-order valence-electron chi connectivity index (χ1n) is 6.13. The molecule has 0 spiro atoms. The molecule has 0 radical (unpaired) electrons. The van der Waals surface area contributed by atoms with Crippen molar-refractivity contribution >= 4 is 44.4 Å². The number of nitrogens with zero attached hydrogens (tertiary/aromatic N) is 1. The summed E-state index contributed by atoms with van der Waals surface area (Å²) in [5, 5.41) is 0.136. The zero-order valence-electron chi connectivity index (χ0n) is 11.2. The van der Waals surface area contributed by atoms with Crippen LogP contribution in [-0.2, 0) is 9.59 Å². The van der Waals surface area contributed by atoms with Crippen LogP contribution in [0.4, 0.5) is 5.69 Å². The van der Waals surface area contributed by atoms with E-state index in [4.69, 9.17) is 0 Å². The van der Waals surface area contributed by atoms with Gasteiger partial charge in [0.25, 0.3) is 0 Å². The van der Waals surface area contributed by atoms with Gasteiger partial charge in [-0.3, -0.25) is 9.59 Å². The van der Waals surface area contributed by atoms with E-state index in [0.717, 1.165) is 21.3 Å². The highest BCUT2D eigenvalue weighted by Crippen LogP contribution is 2.36. The van der Waals surface area contributed by atoms with Gasteiger partial charge in [0.05, 0.1) is 5.69 Å². The summed E-state index contributed by atoms with van der Waals surface area (Å²) in [7, 11) is 0. The molecule has 0 aliphatic carbocycles. The molecule has 0 bridgehead atoms. The molecule has 1 saturated heterocycles. The van der Waals surface area contributed by atoms with Gasteiger partial charge in [-0.2, -0.15) is 0 Å². The fraction of sp³-hybridized carbons (Fsp3) is 0.429. The molecule has 5 heteroatoms. The van der Waals surface area contributed by atoms with E-state index in [1.54, 1.807) is 11.8 Å². The van der Waals surface area contributed by atoms with Crippen LogP contribution in [0, 0.1) is 13.8 Å². The molecule has 0 N–H and O–H groups in total. The van der Waals surface area contributed by atoms with Crippen LogP contribution in [0.25, 0.3) is 0 Å². The van der Waals surface area contributed by atoms with Gasteiger partial charge in [0.1, 0.15) is 0 Å². The van der Waals surface area contributed by atoms with Gasteiger partial charge < -0.3 is 4.90 Å². The Morgan fingerprint density at radius 1 is 1.42 bits per heavy atom. The van der Waals surface area contributed by atoms with Crippen molar-refractivity contribution in [3.8, 4) is 0 Å². The smallest absolute Gasteiger partial charge is 0.228 e. The van der Waals surface area contributed by atoms with Gasteiger partial charge in [0, 0.05) is 29.6 Å². The standard InChI is InChI=1S/C14H16BrNO2S/c1-8-4-9(2)14(12(15)5-8)16-7-11(6-13(16)18)19-10(3)17/h4-5,11H,6-7H2,1-3H3. The summed E-state index contributed by atoms with van der Waals surface area (Å²) < 4.78 is 0.937. The normalized spacial score (nSPS) is 19.1. The molecule has 102 valence electrons. The Morgan fingerprint density at radius 3 is 2.68 bits per heavy atom. The van der Waals surface area contributed by atoms with Crippen molar-refractivity contribution in [3.05, 3.63) is 27.7 Å². The summed E-state index contributed by atoms with van der Waals surface area (Å²) in [6.45, 7) is 6.18. The van der Waals surface area contributed by atoms with Gasteiger partial charge in [-0.15, -0.1) is 0 Å². The molecule has 1 heterocycles. The Balaban J connectivity index is 2.28. The van der Waals surface area contributed by atoms with E-state index in [9.17, 15) is 9.59 Å². The molecule has 1 aromatic rings. The van der Waals surface area contributed by atoms with Crippen LogP contribution in [0.15, 0.2) is 16.6 Å². The van der Waals surface area contributed by atoms with Crippen LogP contribution in [-0.4, -0.2) is 22.8 Å².